The highest BCUT2D eigenvalue weighted by molar-refractivity contribution is 5.96. The van der Waals surface area contributed by atoms with E-state index < -0.39 is 17.8 Å². The largest absolute Gasteiger partial charge is 0.550 e. The van der Waals surface area contributed by atoms with Crippen molar-refractivity contribution >= 4 is 17.6 Å². The second kappa shape index (κ2) is 5.71. The molecule has 116 valence electrons. The molecule has 1 aliphatic carbocycles. The number of fused-ring (bicyclic) bond motifs is 1. The van der Waals surface area contributed by atoms with E-state index in [-0.39, 0.29) is 12.7 Å². The van der Waals surface area contributed by atoms with Gasteiger partial charge in [0.1, 0.15) is 0 Å². The Morgan fingerprint density at radius 3 is 2.45 bits per heavy atom. The Morgan fingerprint density at radius 1 is 1.14 bits per heavy atom. The Balaban J connectivity index is 1.79. The van der Waals surface area contributed by atoms with E-state index in [0.29, 0.717) is 30.0 Å². The molecular weight excluding hydrogens is 286 g/mol. The van der Waals surface area contributed by atoms with Crippen molar-refractivity contribution in [1.82, 2.24) is 0 Å². The van der Waals surface area contributed by atoms with Crippen LogP contribution in [0.4, 0.5) is 5.69 Å². The minimum absolute atomic E-state index is 0.159. The lowest BCUT2D eigenvalue weighted by atomic mass is 9.82. The molecule has 1 aromatic rings. The summed E-state index contributed by atoms with van der Waals surface area (Å²) >= 11 is 0. The van der Waals surface area contributed by atoms with Gasteiger partial charge in [0.2, 0.25) is 12.7 Å². The fraction of sp³-hybridized carbons (Fsp3) is 0.375. The van der Waals surface area contributed by atoms with Gasteiger partial charge < -0.3 is 24.7 Å². The van der Waals surface area contributed by atoms with Crippen molar-refractivity contribution < 1.29 is 24.2 Å². The zero-order valence-corrected chi connectivity index (χ0v) is 12.1. The van der Waals surface area contributed by atoms with Crippen LogP contribution in [0.1, 0.15) is 18.4 Å². The van der Waals surface area contributed by atoms with Crippen LogP contribution >= 0.6 is 0 Å². The van der Waals surface area contributed by atoms with Crippen LogP contribution in [0, 0.1) is 18.8 Å². The number of anilines is 1. The molecular formula is C16H16NO5-. The first-order chi connectivity index (χ1) is 10.6. The van der Waals surface area contributed by atoms with Gasteiger partial charge in [-0.1, -0.05) is 12.2 Å². The van der Waals surface area contributed by atoms with E-state index in [0.717, 1.165) is 5.56 Å². The molecule has 0 aromatic heterocycles. The van der Waals surface area contributed by atoms with Crippen molar-refractivity contribution in [2.75, 3.05) is 12.1 Å². The second-order valence-electron chi connectivity index (χ2n) is 5.48. The minimum atomic E-state index is -1.19. The Bertz CT molecular complexity index is 652. The number of carbonyl (C=O) groups is 2. The van der Waals surface area contributed by atoms with Crippen molar-refractivity contribution in [3.63, 3.8) is 0 Å². The van der Waals surface area contributed by atoms with Crippen LogP contribution in [0.25, 0.3) is 0 Å². The number of carbonyl (C=O) groups excluding carboxylic acids is 2. The fourth-order valence-electron chi connectivity index (χ4n) is 2.77. The van der Waals surface area contributed by atoms with E-state index in [1.807, 2.05) is 13.0 Å². The van der Waals surface area contributed by atoms with Gasteiger partial charge in [-0.2, -0.15) is 0 Å². The third-order valence-electron chi connectivity index (χ3n) is 4.05. The van der Waals surface area contributed by atoms with Crippen LogP contribution in [-0.2, 0) is 9.59 Å². The van der Waals surface area contributed by atoms with Crippen molar-refractivity contribution in [1.29, 1.82) is 0 Å². The number of carboxylic acids is 1. The quantitative estimate of drug-likeness (QED) is 0.841. The lowest BCUT2D eigenvalue weighted by molar-refractivity contribution is -0.313. The van der Waals surface area contributed by atoms with Crippen LogP contribution in [0.2, 0.25) is 0 Å². The molecule has 1 N–H and O–H groups in total. The molecule has 2 aliphatic rings. The molecule has 6 nitrogen and oxygen atoms in total. The summed E-state index contributed by atoms with van der Waals surface area (Å²) in [5, 5.41) is 14.0. The summed E-state index contributed by atoms with van der Waals surface area (Å²) in [7, 11) is 0. The van der Waals surface area contributed by atoms with E-state index in [4.69, 9.17) is 9.47 Å². The molecule has 0 spiro atoms. The number of hydrogen-bond donors (Lipinski definition) is 1. The first-order valence-corrected chi connectivity index (χ1v) is 7.13. The summed E-state index contributed by atoms with van der Waals surface area (Å²) in [4.78, 5) is 23.6. The molecule has 0 saturated carbocycles. The summed E-state index contributed by atoms with van der Waals surface area (Å²) in [6.45, 7) is 2.00. The second-order valence-corrected chi connectivity index (χ2v) is 5.48. The topological polar surface area (TPSA) is 87.7 Å². The highest BCUT2D eigenvalue weighted by Gasteiger charge is 2.30. The SMILES string of the molecule is Cc1cc2c(cc1NC(=O)[C@@H]1CC=CC[C@@H]1C(=O)[O-])OCO2. The maximum atomic E-state index is 12.4. The average Bonchev–Trinajstić information content (AvgIpc) is 2.94. The van der Waals surface area contributed by atoms with E-state index in [9.17, 15) is 14.7 Å². The van der Waals surface area contributed by atoms with Gasteiger partial charge in [0.05, 0.1) is 5.92 Å². The predicted molar refractivity (Wildman–Crippen MR) is 76.3 cm³/mol. The molecule has 6 heteroatoms. The van der Waals surface area contributed by atoms with Crippen LogP contribution < -0.4 is 19.9 Å². The van der Waals surface area contributed by atoms with Gasteiger partial charge in [0.15, 0.2) is 11.5 Å². The van der Waals surface area contributed by atoms with Gasteiger partial charge in [0.25, 0.3) is 0 Å². The van der Waals surface area contributed by atoms with Gasteiger partial charge in [-0.05, 0) is 31.4 Å². The number of amides is 1. The molecule has 22 heavy (non-hydrogen) atoms. The number of aryl methyl sites for hydroxylation is 1. The Kier molecular flexibility index (Phi) is 3.75. The third-order valence-corrected chi connectivity index (χ3v) is 4.05. The van der Waals surface area contributed by atoms with Crippen molar-refractivity contribution in [2.24, 2.45) is 11.8 Å². The van der Waals surface area contributed by atoms with Crippen molar-refractivity contribution in [3.05, 3.63) is 29.8 Å². The zero-order chi connectivity index (χ0) is 15.7. The number of aliphatic carboxylic acids is 1. The molecule has 0 bridgehead atoms. The third kappa shape index (κ3) is 2.64. The van der Waals surface area contributed by atoms with Gasteiger partial charge in [-0.15, -0.1) is 0 Å². The van der Waals surface area contributed by atoms with E-state index >= 15 is 0 Å². The number of allylic oxidation sites excluding steroid dienone is 2. The first-order valence-electron chi connectivity index (χ1n) is 7.13. The molecule has 0 fully saturated rings. The summed E-state index contributed by atoms with van der Waals surface area (Å²) in [5.41, 5.74) is 1.43. The number of carboxylic acid groups (broad SMARTS) is 1. The monoisotopic (exact) mass is 302 g/mol. The van der Waals surface area contributed by atoms with E-state index in [1.165, 1.54) is 0 Å². The molecule has 0 saturated heterocycles. The van der Waals surface area contributed by atoms with E-state index in [2.05, 4.69) is 5.32 Å². The van der Waals surface area contributed by atoms with Crippen LogP contribution in [0.15, 0.2) is 24.3 Å². The maximum Gasteiger partial charge on any atom is 0.231 e. The summed E-state index contributed by atoms with van der Waals surface area (Å²) in [6.07, 6.45) is 4.32. The normalized spacial score (nSPS) is 22.4. The van der Waals surface area contributed by atoms with Gasteiger partial charge in [-0.3, -0.25) is 4.79 Å². The Morgan fingerprint density at radius 2 is 1.77 bits per heavy atom. The minimum Gasteiger partial charge on any atom is -0.550 e. The Labute approximate surface area is 127 Å². The molecule has 1 amide bonds. The van der Waals surface area contributed by atoms with E-state index in [1.54, 1.807) is 18.2 Å². The zero-order valence-electron chi connectivity index (χ0n) is 12.1. The molecule has 0 unspecified atom stereocenters. The van der Waals surface area contributed by atoms with Crippen LogP contribution in [0.3, 0.4) is 0 Å². The average molecular weight is 302 g/mol. The lowest BCUT2D eigenvalue weighted by Crippen LogP contribution is -2.41. The molecule has 1 aromatic carbocycles. The van der Waals surface area contributed by atoms with Gasteiger partial charge in [0, 0.05) is 23.6 Å². The predicted octanol–water partition coefficient (Wildman–Crippen LogP) is 0.995. The highest BCUT2D eigenvalue weighted by atomic mass is 16.7. The van der Waals surface area contributed by atoms with Gasteiger partial charge in [-0.25, -0.2) is 0 Å². The summed E-state index contributed by atoms with van der Waals surface area (Å²) < 4.78 is 10.6. The number of ether oxygens (including phenoxy) is 2. The smallest absolute Gasteiger partial charge is 0.231 e. The summed E-state index contributed by atoms with van der Waals surface area (Å²) in [5.74, 6) is -1.71. The number of benzene rings is 1. The lowest BCUT2D eigenvalue weighted by Gasteiger charge is -2.28. The molecule has 1 aliphatic heterocycles. The number of nitrogens with one attached hydrogen (secondary N) is 1. The van der Waals surface area contributed by atoms with Crippen LogP contribution in [0.5, 0.6) is 11.5 Å². The van der Waals surface area contributed by atoms with Crippen LogP contribution in [-0.4, -0.2) is 18.7 Å². The maximum absolute atomic E-state index is 12.4. The molecule has 1 heterocycles. The summed E-state index contributed by atoms with van der Waals surface area (Å²) in [6, 6.07) is 3.48. The van der Waals surface area contributed by atoms with Crippen molar-refractivity contribution in [2.45, 2.75) is 19.8 Å². The van der Waals surface area contributed by atoms with Crippen molar-refractivity contribution in [3.8, 4) is 11.5 Å². The number of hydrogen-bond acceptors (Lipinski definition) is 5. The molecule has 0 radical (unpaired) electrons. The standard InChI is InChI=1S/C16H17NO5/c1-9-6-13-14(22-8-21-13)7-12(9)17-15(18)10-4-2-3-5-11(10)16(19)20/h2-3,6-7,10-11H,4-5,8H2,1H3,(H,17,18)(H,19,20)/p-1/t10-,11+/m1/s1. The Hall–Kier alpha value is -2.50. The first kappa shape index (κ1) is 14.4. The highest BCUT2D eigenvalue weighted by Crippen LogP contribution is 2.37. The number of rotatable bonds is 3. The molecule has 2 atom stereocenters. The van der Waals surface area contributed by atoms with Gasteiger partial charge >= 0.3 is 0 Å². The molecule has 3 rings (SSSR count). The fourth-order valence-corrected chi connectivity index (χ4v) is 2.77.